The first-order valence-electron chi connectivity index (χ1n) is 6.54. The van der Waals surface area contributed by atoms with E-state index >= 15 is 0 Å². The van der Waals surface area contributed by atoms with E-state index in [1.807, 2.05) is 0 Å². The molecule has 0 unspecified atom stereocenters. The quantitative estimate of drug-likeness (QED) is 0.686. The summed E-state index contributed by atoms with van der Waals surface area (Å²) in [6, 6.07) is 15.2. The van der Waals surface area contributed by atoms with Crippen molar-refractivity contribution < 1.29 is 0 Å². The Bertz CT molecular complexity index is 561. The third-order valence-corrected chi connectivity index (χ3v) is 3.55. The van der Waals surface area contributed by atoms with E-state index in [4.69, 9.17) is 5.73 Å². The van der Waals surface area contributed by atoms with E-state index in [9.17, 15) is 0 Å². The van der Waals surface area contributed by atoms with Gasteiger partial charge in [0.05, 0.1) is 0 Å². The number of nitrogens with one attached hydrogen (secondary N) is 1. The van der Waals surface area contributed by atoms with Gasteiger partial charge in [0.15, 0.2) is 0 Å². The average Bonchev–Trinajstić information content (AvgIpc) is 2.79. The van der Waals surface area contributed by atoms with Crippen LogP contribution in [0.1, 0.15) is 17.5 Å². The van der Waals surface area contributed by atoms with Crippen molar-refractivity contribution in [1.82, 2.24) is 0 Å². The molecule has 2 aromatic rings. The number of hydrogen-bond donors (Lipinski definition) is 2. The maximum atomic E-state index is 5.53. The zero-order valence-electron chi connectivity index (χ0n) is 10.4. The van der Waals surface area contributed by atoms with Gasteiger partial charge in [-0.05, 0) is 41.3 Å². The van der Waals surface area contributed by atoms with Gasteiger partial charge in [0.1, 0.15) is 0 Å². The fourth-order valence-corrected chi connectivity index (χ4v) is 2.65. The molecule has 0 fully saturated rings. The molecule has 2 nitrogen and oxygen atoms in total. The topological polar surface area (TPSA) is 38.0 Å². The van der Waals surface area contributed by atoms with Crippen LogP contribution in [-0.2, 0) is 6.42 Å². The zero-order chi connectivity index (χ0) is 12.4. The molecule has 1 aliphatic rings. The predicted octanol–water partition coefficient (Wildman–Crippen LogP) is 3.02. The molecule has 92 valence electrons. The van der Waals surface area contributed by atoms with Gasteiger partial charge in [-0.15, -0.1) is 0 Å². The van der Waals surface area contributed by atoms with Crippen LogP contribution in [-0.4, -0.2) is 13.1 Å². The number of rotatable bonds is 4. The molecule has 0 heterocycles. The van der Waals surface area contributed by atoms with Gasteiger partial charge in [0.25, 0.3) is 0 Å². The first-order chi connectivity index (χ1) is 8.90. The van der Waals surface area contributed by atoms with Gasteiger partial charge in [0, 0.05) is 18.7 Å². The lowest BCUT2D eigenvalue weighted by molar-refractivity contribution is 0.873. The Morgan fingerprint density at radius 3 is 2.72 bits per heavy atom. The van der Waals surface area contributed by atoms with E-state index in [-0.39, 0.29) is 0 Å². The number of anilines is 1. The molecule has 0 saturated carbocycles. The van der Waals surface area contributed by atoms with E-state index in [1.165, 1.54) is 27.9 Å². The molecule has 2 aromatic carbocycles. The molecule has 3 rings (SSSR count). The SMILES string of the molecule is NCCCNc1cccc2c1Cc1ccccc1-2. The van der Waals surface area contributed by atoms with Gasteiger partial charge in [-0.3, -0.25) is 0 Å². The minimum absolute atomic E-state index is 0.738. The number of fused-ring (bicyclic) bond motifs is 3. The van der Waals surface area contributed by atoms with Gasteiger partial charge in [-0.25, -0.2) is 0 Å². The molecule has 0 radical (unpaired) electrons. The largest absolute Gasteiger partial charge is 0.385 e. The van der Waals surface area contributed by atoms with Gasteiger partial charge in [-0.1, -0.05) is 36.4 Å². The molecule has 1 aliphatic carbocycles. The minimum atomic E-state index is 0.738. The van der Waals surface area contributed by atoms with Crippen LogP contribution in [0.15, 0.2) is 42.5 Å². The standard InChI is InChI=1S/C16H18N2/c17-9-4-10-18-16-8-3-7-14-13-6-2-1-5-12(13)11-15(14)16/h1-3,5-8,18H,4,9-11,17H2. The van der Waals surface area contributed by atoms with Crippen LogP contribution in [0, 0.1) is 0 Å². The zero-order valence-corrected chi connectivity index (χ0v) is 10.4. The van der Waals surface area contributed by atoms with Crippen LogP contribution in [0.2, 0.25) is 0 Å². The van der Waals surface area contributed by atoms with E-state index in [0.29, 0.717) is 0 Å². The lowest BCUT2D eigenvalue weighted by Gasteiger charge is -2.10. The Kier molecular flexibility index (Phi) is 3.03. The number of hydrogen-bond acceptors (Lipinski definition) is 2. The van der Waals surface area contributed by atoms with Crippen molar-refractivity contribution in [2.45, 2.75) is 12.8 Å². The van der Waals surface area contributed by atoms with E-state index in [2.05, 4.69) is 47.8 Å². The van der Waals surface area contributed by atoms with E-state index in [0.717, 1.165) is 25.9 Å². The van der Waals surface area contributed by atoms with Crippen molar-refractivity contribution in [3.63, 3.8) is 0 Å². The lowest BCUT2D eigenvalue weighted by atomic mass is 10.0. The average molecular weight is 238 g/mol. The van der Waals surface area contributed by atoms with Gasteiger partial charge in [0.2, 0.25) is 0 Å². The Morgan fingerprint density at radius 2 is 1.83 bits per heavy atom. The van der Waals surface area contributed by atoms with Gasteiger partial charge < -0.3 is 11.1 Å². The van der Waals surface area contributed by atoms with Crippen molar-refractivity contribution in [1.29, 1.82) is 0 Å². The smallest absolute Gasteiger partial charge is 0.0382 e. The highest BCUT2D eigenvalue weighted by molar-refractivity contribution is 5.81. The molecule has 0 aliphatic heterocycles. The summed E-state index contributed by atoms with van der Waals surface area (Å²) in [5.41, 5.74) is 12.4. The van der Waals surface area contributed by atoms with Crippen molar-refractivity contribution in [2.75, 3.05) is 18.4 Å². The van der Waals surface area contributed by atoms with E-state index < -0.39 is 0 Å². The normalized spacial score (nSPS) is 12.1. The molecular weight excluding hydrogens is 220 g/mol. The summed E-state index contributed by atoms with van der Waals surface area (Å²) in [6.45, 7) is 1.69. The molecule has 2 heteroatoms. The maximum absolute atomic E-state index is 5.53. The highest BCUT2D eigenvalue weighted by Crippen LogP contribution is 2.39. The second-order valence-corrected chi connectivity index (χ2v) is 4.73. The van der Waals surface area contributed by atoms with Gasteiger partial charge >= 0.3 is 0 Å². The van der Waals surface area contributed by atoms with Crippen LogP contribution in [0.5, 0.6) is 0 Å². The van der Waals surface area contributed by atoms with Crippen LogP contribution in [0.25, 0.3) is 11.1 Å². The molecular formula is C16H18N2. The second-order valence-electron chi connectivity index (χ2n) is 4.73. The Hall–Kier alpha value is -1.80. The molecule has 0 atom stereocenters. The Morgan fingerprint density at radius 1 is 1.00 bits per heavy atom. The third-order valence-electron chi connectivity index (χ3n) is 3.55. The monoisotopic (exact) mass is 238 g/mol. The van der Waals surface area contributed by atoms with Crippen molar-refractivity contribution in [2.24, 2.45) is 5.73 Å². The summed E-state index contributed by atoms with van der Waals surface area (Å²) < 4.78 is 0. The Balaban J connectivity index is 1.93. The fraction of sp³-hybridized carbons (Fsp3) is 0.250. The summed E-state index contributed by atoms with van der Waals surface area (Å²) in [7, 11) is 0. The molecule has 18 heavy (non-hydrogen) atoms. The van der Waals surface area contributed by atoms with Crippen molar-refractivity contribution in [3.8, 4) is 11.1 Å². The Labute approximate surface area is 108 Å². The van der Waals surface area contributed by atoms with Crippen molar-refractivity contribution in [3.05, 3.63) is 53.6 Å². The van der Waals surface area contributed by atoms with Crippen LogP contribution >= 0.6 is 0 Å². The molecule has 0 spiro atoms. The highest BCUT2D eigenvalue weighted by atomic mass is 14.9. The summed E-state index contributed by atoms with van der Waals surface area (Å²) in [5, 5.41) is 3.50. The van der Waals surface area contributed by atoms with Gasteiger partial charge in [-0.2, -0.15) is 0 Å². The molecule has 0 bridgehead atoms. The first kappa shape index (κ1) is 11.3. The highest BCUT2D eigenvalue weighted by Gasteiger charge is 2.19. The summed E-state index contributed by atoms with van der Waals surface area (Å²) in [4.78, 5) is 0. The summed E-state index contributed by atoms with van der Waals surface area (Å²) in [6.07, 6.45) is 2.05. The number of benzene rings is 2. The van der Waals surface area contributed by atoms with Crippen LogP contribution < -0.4 is 11.1 Å². The second kappa shape index (κ2) is 4.83. The summed E-state index contributed by atoms with van der Waals surface area (Å²) in [5.74, 6) is 0. The lowest BCUT2D eigenvalue weighted by Crippen LogP contribution is -2.09. The van der Waals surface area contributed by atoms with Crippen LogP contribution in [0.3, 0.4) is 0 Å². The molecule has 0 saturated heterocycles. The first-order valence-corrected chi connectivity index (χ1v) is 6.54. The van der Waals surface area contributed by atoms with E-state index in [1.54, 1.807) is 0 Å². The number of nitrogens with two attached hydrogens (primary N) is 1. The third kappa shape index (κ3) is 1.89. The fourth-order valence-electron chi connectivity index (χ4n) is 2.65. The molecule has 0 aromatic heterocycles. The molecule has 3 N–H and O–H groups in total. The predicted molar refractivity (Wildman–Crippen MR) is 76.8 cm³/mol. The maximum Gasteiger partial charge on any atom is 0.0382 e. The molecule has 0 amide bonds. The van der Waals surface area contributed by atoms with Crippen molar-refractivity contribution >= 4 is 5.69 Å². The minimum Gasteiger partial charge on any atom is -0.385 e. The summed E-state index contributed by atoms with van der Waals surface area (Å²) >= 11 is 0. The van der Waals surface area contributed by atoms with Crippen LogP contribution in [0.4, 0.5) is 5.69 Å².